The molecular weight excluding hydrogens is 246 g/mol. The van der Waals surface area contributed by atoms with Crippen molar-refractivity contribution >= 4 is 16.5 Å². The molecule has 2 heterocycles. The molecule has 0 saturated carbocycles. The molecule has 1 fully saturated rings. The maximum Gasteiger partial charge on any atom is 0.186 e. The van der Waals surface area contributed by atoms with Gasteiger partial charge in [0.2, 0.25) is 0 Å². The maximum atomic E-state index is 8.86. The van der Waals surface area contributed by atoms with Crippen LogP contribution in [0, 0.1) is 11.3 Å². The highest BCUT2D eigenvalue weighted by atomic mass is 32.1. The summed E-state index contributed by atoms with van der Waals surface area (Å²) < 4.78 is 5.16. The quantitative estimate of drug-likeness (QED) is 0.840. The normalized spacial score (nSPS) is 19.8. The van der Waals surface area contributed by atoms with Gasteiger partial charge in [0.1, 0.15) is 0 Å². The fourth-order valence-corrected chi connectivity index (χ4v) is 3.46. The van der Waals surface area contributed by atoms with Crippen molar-refractivity contribution in [2.24, 2.45) is 0 Å². The Bertz CT molecular complexity index is 438. The molecule has 0 radical (unpaired) electrons. The van der Waals surface area contributed by atoms with E-state index in [2.05, 4.69) is 22.9 Å². The largest absolute Gasteiger partial charge is 0.378 e. The third-order valence-corrected chi connectivity index (χ3v) is 4.47. The average molecular weight is 265 g/mol. The molecule has 1 atom stereocenters. The zero-order valence-electron chi connectivity index (χ0n) is 11.0. The number of hydrogen-bond donors (Lipinski definition) is 0. The Balaban J connectivity index is 2.22. The van der Waals surface area contributed by atoms with Gasteiger partial charge in [-0.1, -0.05) is 0 Å². The molecule has 1 saturated heterocycles. The zero-order valence-corrected chi connectivity index (χ0v) is 11.8. The van der Waals surface area contributed by atoms with Crippen molar-refractivity contribution < 1.29 is 4.74 Å². The number of thiazole rings is 1. The van der Waals surface area contributed by atoms with Crippen LogP contribution in [0.4, 0.5) is 5.13 Å². The van der Waals surface area contributed by atoms with Gasteiger partial charge in [0.05, 0.1) is 24.8 Å². The molecule has 0 spiro atoms. The lowest BCUT2D eigenvalue weighted by atomic mass is 10.1. The first-order valence-electron chi connectivity index (χ1n) is 6.37. The van der Waals surface area contributed by atoms with Crippen molar-refractivity contribution in [3.8, 4) is 6.07 Å². The first-order valence-corrected chi connectivity index (χ1v) is 7.19. The van der Waals surface area contributed by atoms with Crippen LogP contribution >= 0.6 is 11.3 Å². The zero-order chi connectivity index (χ0) is 13.0. The Hall–Kier alpha value is -1.12. The predicted molar refractivity (Wildman–Crippen MR) is 72.8 cm³/mol. The molecule has 0 N–H and O–H groups in total. The Morgan fingerprint density at radius 1 is 1.56 bits per heavy atom. The molecule has 0 aliphatic carbocycles. The minimum Gasteiger partial charge on any atom is -0.378 e. The fourth-order valence-electron chi connectivity index (χ4n) is 2.33. The number of ether oxygens (including phenoxy) is 1. The molecule has 0 amide bonds. The molecular formula is C13H19N3OS. The van der Waals surface area contributed by atoms with Crippen molar-refractivity contribution in [2.75, 3.05) is 18.6 Å². The minimum atomic E-state index is 0.429. The molecule has 18 heavy (non-hydrogen) atoms. The number of anilines is 1. The number of rotatable bonds is 4. The first-order chi connectivity index (χ1) is 8.76. The number of methoxy groups -OCH3 is 1. The third-order valence-electron chi connectivity index (χ3n) is 3.34. The molecule has 1 aromatic heterocycles. The lowest BCUT2D eigenvalue weighted by molar-refractivity contribution is 0.181. The number of nitrogens with zero attached hydrogens (tertiary/aromatic N) is 3. The van der Waals surface area contributed by atoms with E-state index in [0.717, 1.165) is 22.2 Å². The van der Waals surface area contributed by atoms with Crippen molar-refractivity contribution in [2.45, 2.75) is 45.3 Å². The fraction of sp³-hybridized carbons (Fsp3) is 0.692. The van der Waals surface area contributed by atoms with E-state index in [4.69, 9.17) is 10.00 Å². The number of nitriles is 1. The Morgan fingerprint density at radius 3 is 3.06 bits per heavy atom. The Kier molecular flexibility index (Phi) is 4.56. The van der Waals surface area contributed by atoms with Crippen LogP contribution in [0.15, 0.2) is 0 Å². The van der Waals surface area contributed by atoms with Gasteiger partial charge in [0.25, 0.3) is 0 Å². The summed E-state index contributed by atoms with van der Waals surface area (Å²) in [5.41, 5.74) is 0.928. The molecule has 1 unspecified atom stereocenters. The summed E-state index contributed by atoms with van der Waals surface area (Å²) >= 11 is 1.65. The molecule has 1 aromatic rings. The van der Waals surface area contributed by atoms with E-state index >= 15 is 0 Å². The Labute approximate surface area is 112 Å². The van der Waals surface area contributed by atoms with Gasteiger partial charge in [-0.15, -0.1) is 11.3 Å². The second-order valence-electron chi connectivity index (χ2n) is 4.67. The second kappa shape index (κ2) is 6.17. The molecule has 4 nitrogen and oxygen atoms in total. The van der Waals surface area contributed by atoms with Crippen molar-refractivity contribution in [1.82, 2.24) is 4.98 Å². The van der Waals surface area contributed by atoms with Gasteiger partial charge < -0.3 is 9.64 Å². The minimum absolute atomic E-state index is 0.429. The van der Waals surface area contributed by atoms with Crippen LogP contribution in [0.5, 0.6) is 0 Å². The predicted octanol–water partition coefficient (Wildman–Crippen LogP) is 2.73. The monoisotopic (exact) mass is 265 g/mol. The third kappa shape index (κ3) is 2.82. The van der Waals surface area contributed by atoms with Crippen LogP contribution in [0.3, 0.4) is 0 Å². The van der Waals surface area contributed by atoms with Crippen LogP contribution in [-0.4, -0.2) is 24.7 Å². The average Bonchev–Trinajstić information content (AvgIpc) is 2.74. The highest BCUT2D eigenvalue weighted by Crippen LogP contribution is 2.31. The van der Waals surface area contributed by atoms with Gasteiger partial charge in [0, 0.05) is 24.6 Å². The van der Waals surface area contributed by atoms with Gasteiger partial charge >= 0.3 is 0 Å². The SMILES string of the molecule is COCc1nc(N2CCCCC2C)sc1CC#N. The molecule has 1 aliphatic heterocycles. The van der Waals surface area contributed by atoms with Gasteiger partial charge in [-0.05, 0) is 26.2 Å². The number of aromatic nitrogens is 1. The lowest BCUT2D eigenvalue weighted by Crippen LogP contribution is -2.37. The van der Waals surface area contributed by atoms with Crippen molar-refractivity contribution in [1.29, 1.82) is 5.26 Å². The van der Waals surface area contributed by atoms with E-state index in [1.165, 1.54) is 19.3 Å². The smallest absolute Gasteiger partial charge is 0.186 e. The van der Waals surface area contributed by atoms with Gasteiger partial charge in [-0.25, -0.2) is 4.98 Å². The molecule has 98 valence electrons. The molecule has 0 bridgehead atoms. The molecule has 2 rings (SSSR count). The summed E-state index contributed by atoms with van der Waals surface area (Å²) in [7, 11) is 1.67. The summed E-state index contributed by atoms with van der Waals surface area (Å²) in [6.07, 6.45) is 4.20. The van der Waals surface area contributed by atoms with E-state index < -0.39 is 0 Å². The van der Waals surface area contributed by atoms with E-state index in [9.17, 15) is 0 Å². The molecule has 1 aliphatic rings. The van der Waals surface area contributed by atoms with E-state index in [-0.39, 0.29) is 0 Å². The van der Waals surface area contributed by atoms with E-state index in [0.29, 0.717) is 19.1 Å². The molecule has 5 heteroatoms. The highest BCUT2D eigenvalue weighted by Gasteiger charge is 2.23. The standard InChI is InChI=1S/C13H19N3OS/c1-10-5-3-4-8-16(10)13-15-11(9-17-2)12(18-13)6-7-14/h10H,3-6,8-9H2,1-2H3. The van der Waals surface area contributed by atoms with Crippen LogP contribution in [0.2, 0.25) is 0 Å². The van der Waals surface area contributed by atoms with E-state index in [1.54, 1.807) is 18.4 Å². The van der Waals surface area contributed by atoms with Crippen LogP contribution in [0.1, 0.15) is 36.8 Å². The summed E-state index contributed by atoms with van der Waals surface area (Å²) in [4.78, 5) is 8.08. The van der Waals surface area contributed by atoms with Gasteiger partial charge in [-0.3, -0.25) is 0 Å². The van der Waals surface area contributed by atoms with Crippen molar-refractivity contribution in [3.05, 3.63) is 10.6 Å². The summed E-state index contributed by atoms with van der Waals surface area (Å²) in [6.45, 7) is 3.82. The van der Waals surface area contributed by atoms with Gasteiger partial charge in [0.15, 0.2) is 5.13 Å². The van der Waals surface area contributed by atoms with Crippen LogP contribution < -0.4 is 4.90 Å². The molecule has 0 aromatic carbocycles. The number of piperidine rings is 1. The second-order valence-corrected chi connectivity index (χ2v) is 5.73. The topological polar surface area (TPSA) is 49.1 Å². The van der Waals surface area contributed by atoms with Crippen LogP contribution in [0.25, 0.3) is 0 Å². The van der Waals surface area contributed by atoms with Crippen LogP contribution in [-0.2, 0) is 17.8 Å². The summed E-state index contributed by atoms with van der Waals surface area (Å²) in [6, 6.07) is 2.76. The maximum absolute atomic E-state index is 8.86. The summed E-state index contributed by atoms with van der Waals surface area (Å²) in [5.74, 6) is 0. The first kappa shape index (κ1) is 13.3. The lowest BCUT2D eigenvalue weighted by Gasteiger charge is -2.33. The van der Waals surface area contributed by atoms with Gasteiger partial charge in [-0.2, -0.15) is 5.26 Å². The Morgan fingerprint density at radius 2 is 2.39 bits per heavy atom. The summed E-state index contributed by atoms with van der Waals surface area (Å²) in [5, 5.41) is 9.91. The van der Waals surface area contributed by atoms with E-state index in [1.807, 2.05) is 0 Å². The van der Waals surface area contributed by atoms with Crippen molar-refractivity contribution in [3.63, 3.8) is 0 Å². The number of hydrogen-bond acceptors (Lipinski definition) is 5. The highest BCUT2D eigenvalue weighted by molar-refractivity contribution is 7.15.